The summed E-state index contributed by atoms with van der Waals surface area (Å²) in [6, 6.07) is 3.28. The van der Waals surface area contributed by atoms with Gasteiger partial charge in [-0.3, -0.25) is 4.98 Å². The van der Waals surface area contributed by atoms with Gasteiger partial charge in [-0.25, -0.2) is 13.8 Å². The average molecular weight is 236 g/mol. The highest BCUT2D eigenvalue weighted by Crippen LogP contribution is 2.12. The molecule has 1 heterocycles. The van der Waals surface area contributed by atoms with Crippen molar-refractivity contribution in [3.05, 3.63) is 47.8 Å². The number of hydrogen-bond donors (Lipinski definition) is 2. The van der Waals surface area contributed by atoms with Gasteiger partial charge in [0.2, 0.25) is 0 Å². The van der Waals surface area contributed by atoms with Gasteiger partial charge < -0.3 is 11.1 Å². The summed E-state index contributed by atoms with van der Waals surface area (Å²) in [6.07, 6.45) is 2.85. The molecular weight excluding hydrogens is 226 g/mol. The zero-order valence-electron chi connectivity index (χ0n) is 8.82. The Hall–Kier alpha value is -2.24. The summed E-state index contributed by atoms with van der Waals surface area (Å²) in [7, 11) is 0. The number of aromatic nitrogens is 2. The zero-order chi connectivity index (χ0) is 12.3. The summed E-state index contributed by atoms with van der Waals surface area (Å²) in [5.74, 6) is -0.291. The van der Waals surface area contributed by atoms with Gasteiger partial charge in [0.05, 0.1) is 12.4 Å². The van der Waals surface area contributed by atoms with Crippen LogP contribution in [0.25, 0.3) is 0 Å². The maximum absolute atomic E-state index is 13.3. The SMILES string of the molecule is Nc1cncc(NCc2cc(F)ccc2F)n1. The molecule has 0 atom stereocenters. The van der Waals surface area contributed by atoms with E-state index in [0.29, 0.717) is 5.82 Å². The number of nitrogens with zero attached hydrogens (tertiary/aromatic N) is 2. The minimum absolute atomic E-state index is 0.113. The van der Waals surface area contributed by atoms with Crippen molar-refractivity contribution >= 4 is 11.6 Å². The third-order valence-corrected chi connectivity index (χ3v) is 2.12. The van der Waals surface area contributed by atoms with Crippen molar-refractivity contribution in [1.82, 2.24) is 9.97 Å². The first-order valence-electron chi connectivity index (χ1n) is 4.90. The smallest absolute Gasteiger partial charge is 0.147 e. The van der Waals surface area contributed by atoms with Crippen molar-refractivity contribution in [2.24, 2.45) is 0 Å². The Morgan fingerprint density at radius 1 is 1.24 bits per heavy atom. The molecule has 0 aliphatic carbocycles. The van der Waals surface area contributed by atoms with Gasteiger partial charge in [0.1, 0.15) is 23.3 Å². The van der Waals surface area contributed by atoms with E-state index >= 15 is 0 Å². The fourth-order valence-electron chi connectivity index (χ4n) is 1.33. The fraction of sp³-hybridized carbons (Fsp3) is 0.0909. The van der Waals surface area contributed by atoms with E-state index in [9.17, 15) is 8.78 Å². The Balaban J connectivity index is 2.09. The largest absolute Gasteiger partial charge is 0.382 e. The maximum atomic E-state index is 13.3. The molecule has 0 radical (unpaired) electrons. The van der Waals surface area contributed by atoms with Crippen molar-refractivity contribution in [1.29, 1.82) is 0 Å². The van der Waals surface area contributed by atoms with E-state index in [4.69, 9.17) is 5.73 Å². The lowest BCUT2D eigenvalue weighted by atomic mass is 10.2. The number of benzene rings is 1. The first kappa shape index (κ1) is 11.3. The van der Waals surface area contributed by atoms with Gasteiger partial charge in [-0.05, 0) is 18.2 Å². The number of nitrogens with two attached hydrogens (primary N) is 1. The second-order valence-corrected chi connectivity index (χ2v) is 3.42. The molecule has 0 fully saturated rings. The van der Waals surface area contributed by atoms with Crippen molar-refractivity contribution < 1.29 is 8.78 Å². The number of nitrogen functional groups attached to an aromatic ring is 1. The molecule has 0 spiro atoms. The van der Waals surface area contributed by atoms with Crippen molar-refractivity contribution in [2.45, 2.75) is 6.54 Å². The van der Waals surface area contributed by atoms with Crippen LogP contribution in [0, 0.1) is 11.6 Å². The van der Waals surface area contributed by atoms with E-state index in [0.717, 1.165) is 18.2 Å². The molecule has 1 aromatic carbocycles. The van der Waals surface area contributed by atoms with Gasteiger partial charge in [-0.15, -0.1) is 0 Å². The lowest BCUT2D eigenvalue weighted by Gasteiger charge is -2.06. The van der Waals surface area contributed by atoms with Crippen LogP contribution in [0.4, 0.5) is 20.4 Å². The van der Waals surface area contributed by atoms with Crippen LogP contribution in [-0.4, -0.2) is 9.97 Å². The second-order valence-electron chi connectivity index (χ2n) is 3.42. The van der Waals surface area contributed by atoms with Crippen molar-refractivity contribution in [3.8, 4) is 0 Å². The Labute approximate surface area is 96.5 Å². The maximum Gasteiger partial charge on any atom is 0.147 e. The molecule has 0 aliphatic heterocycles. The summed E-state index contributed by atoms with van der Waals surface area (Å²) >= 11 is 0. The van der Waals surface area contributed by atoms with E-state index < -0.39 is 11.6 Å². The quantitative estimate of drug-likeness (QED) is 0.854. The number of anilines is 2. The topological polar surface area (TPSA) is 63.8 Å². The minimum Gasteiger partial charge on any atom is -0.382 e. The number of nitrogens with one attached hydrogen (secondary N) is 1. The van der Waals surface area contributed by atoms with E-state index in [1.54, 1.807) is 0 Å². The summed E-state index contributed by atoms with van der Waals surface area (Å²) in [5, 5.41) is 2.81. The van der Waals surface area contributed by atoms with E-state index in [1.165, 1.54) is 12.4 Å². The van der Waals surface area contributed by atoms with Crippen LogP contribution in [0.3, 0.4) is 0 Å². The molecule has 0 bridgehead atoms. The van der Waals surface area contributed by atoms with Gasteiger partial charge in [0, 0.05) is 12.1 Å². The summed E-state index contributed by atoms with van der Waals surface area (Å²) in [5.41, 5.74) is 5.65. The Morgan fingerprint density at radius 3 is 2.82 bits per heavy atom. The molecule has 1 aromatic heterocycles. The van der Waals surface area contributed by atoms with Crippen LogP contribution < -0.4 is 11.1 Å². The molecule has 0 aliphatic rings. The van der Waals surface area contributed by atoms with Crippen LogP contribution in [0.2, 0.25) is 0 Å². The second kappa shape index (κ2) is 4.73. The first-order chi connectivity index (χ1) is 8.15. The number of hydrogen-bond acceptors (Lipinski definition) is 4. The van der Waals surface area contributed by atoms with Crippen LogP contribution in [0.15, 0.2) is 30.6 Å². The predicted octanol–water partition coefficient (Wildman–Crippen LogP) is 1.95. The third kappa shape index (κ3) is 2.87. The Morgan fingerprint density at radius 2 is 2.06 bits per heavy atom. The molecule has 0 saturated carbocycles. The molecule has 2 rings (SSSR count). The molecule has 88 valence electrons. The third-order valence-electron chi connectivity index (χ3n) is 2.12. The molecule has 17 heavy (non-hydrogen) atoms. The van der Waals surface area contributed by atoms with Gasteiger partial charge in [0.25, 0.3) is 0 Å². The molecule has 2 aromatic rings. The number of halogens is 2. The molecule has 4 nitrogen and oxygen atoms in total. The predicted molar refractivity (Wildman–Crippen MR) is 60.1 cm³/mol. The highest BCUT2D eigenvalue weighted by Gasteiger charge is 2.04. The van der Waals surface area contributed by atoms with Crippen LogP contribution in [0.5, 0.6) is 0 Å². The van der Waals surface area contributed by atoms with Gasteiger partial charge >= 0.3 is 0 Å². The van der Waals surface area contributed by atoms with Crippen LogP contribution in [0.1, 0.15) is 5.56 Å². The molecule has 6 heteroatoms. The molecule has 0 saturated heterocycles. The summed E-state index contributed by atoms with van der Waals surface area (Å²) < 4.78 is 26.2. The van der Waals surface area contributed by atoms with Crippen molar-refractivity contribution in [2.75, 3.05) is 11.1 Å². The Bertz CT molecular complexity index is 531. The zero-order valence-corrected chi connectivity index (χ0v) is 8.82. The first-order valence-corrected chi connectivity index (χ1v) is 4.90. The summed E-state index contributed by atoms with van der Waals surface area (Å²) in [6.45, 7) is 0.113. The highest BCUT2D eigenvalue weighted by atomic mass is 19.1. The molecule has 3 N–H and O–H groups in total. The van der Waals surface area contributed by atoms with Gasteiger partial charge in [-0.2, -0.15) is 0 Å². The number of rotatable bonds is 3. The van der Waals surface area contributed by atoms with E-state index in [2.05, 4.69) is 15.3 Å². The molecule has 0 unspecified atom stereocenters. The average Bonchev–Trinajstić information content (AvgIpc) is 2.30. The van der Waals surface area contributed by atoms with Crippen LogP contribution >= 0.6 is 0 Å². The Kier molecular flexibility index (Phi) is 3.13. The molecular formula is C11H10F2N4. The van der Waals surface area contributed by atoms with Gasteiger partial charge in [-0.1, -0.05) is 0 Å². The minimum atomic E-state index is -0.484. The van der Waals surface area contributed by atoms with Gasteiger partial charge in [0.15, 0.2) is 0 Å². The highest BCUT2D eigenvalue weighted by molar-refractivity contribution is 5.39. The lowest BCUT2D eigenvalue weighted by Crippen LogP contribution is -2.05. The monoisotopic (exact) mass is 236 g/mol. The fourth-order valence-corrected chi connectivity index (χ4v) is 1.33. The van der Waals surface area contributed by atoms with E-state index in [-0.39, 0.29) is 17.9 Å². The lowest BCUT2D eigenvalue weighted by molar-refractivity contribution is 0.587. The summed E-state index contributed by atoms with van der Waals surface area (Å²) in [4.78, 5) is 7.75. The van der Waals surface area contributed by atoms with Crippen LogP contribution in [-0.2, 0) is 6.54 Å². The van der Waals surface area contributed by atoms with Crippen molar-refractivity contribution in [3.63, 3.8) is 0 Å². The normalized spacial score (nSPS) is 10.2. The molecule has 0 amide bonds. The van der Waals surface area contributed by atoms with E-state index in [1.807, 2.05) is 0 Å². The standard InChI is InChI=1S/C11H10F2N4/c12-8-1-2-9(13)7(3-8)4-16-11-6-15-5-10(14)17-11/h1-3,5-6H,4H2,(H3,14,16,17).